The van der Waals surface area contributed by atoms with Crippen molar-refractivity contribution in [3.05, 3.63) is 63.6 Å². The summed E-state index contributed by atoms with van der Waals surface area (Å²) < 4.78 is 21.1. The number of hydrogen-bond acceptors (Lipinski definition) is 8. The van der Waals surface area contributed by atoms with E-state index in [1.807, 2.05) is 30.3 Å². The highest BCUT2D eigenvalue weighted by atomic mass is 35.5. The second-order valence-electron chi connectivity index (χ2n) is 6.89. The number of methoxy groups -OCH3 is 1. The highest BCUT2D eigenvalue weighted by Crippen LogP contribution is 2.35. The topological polar surface area (TPSA) is 115 Å². The van der Waals surface area contributed by atoms with Gasteiger partial charge in [0, 0.05) is 7.11 Å². The molecule has 2 aromatic rings. The van der Waals surface area contributed by atoms with E-state index in [4.69, 9.17) is 42.1 Å². The van der Waals surface area contributed by atoms with Gasteiger partial charge in [0.1, 0.15) is 37.6 Å². The second-order valence-corrected chi connectivity index (χ2v) is 7.71. The molecule has 0 amide bonds. The number of aliphatic hydroxyl groups excluding tert-OH is 3. The number of benzene rings is 2. The lowest BCUT2D eigenvalue weighted by molar-refractivity contribution is -0.294. The lowest BCUT2D eigenvalue weighted by Gasteiger charge is -2.39. The van der Waals surface area contributed by atoms with Gasteiger partial charge in [-0.15, -0.1) is 0 Å². The molecule has 2 aromatic carbocycles. The maximum absolute atomic E-state index is 12.4. The number of esters is 1. The largest absolute Gasteiger partial charge is 0.486 e. The van der Waals surface area contributed by atoms with Crippen LogP contribution in [0.1, 0.15) is 15.9 Å². The zero-order valence-electron chi connectivity index (χ0n) is 16.5. The van der Waals surface area contributed by atoms with Crippen molar-refractivity contribution in [2.75, 3.05) is 13.7 Å². The number of carbonyl (C=O) groups is 1. The molecular formula is C21H22Cl2O8. The molecule has 1 aliphatic rings. The molecule has 31 heavy (non-hydrogen) atoms. The molecule has 0 aromatic heterocycles. The Labute approximate surface area is 188 Å². The Morgan fingerprint density at radius 1 is 1.03 bits per heavy atom. The Bertz CT molecular complexity index is 869. The Hall–Kier alpha value is -1.91. The van der Waals surface area contributed by atoms with Gasteiger partial charge in [0.15, 0.2) is 12.0 Å². The summed E-state index contributed by atoms with van der Waals surface area (Å²) in [5.41, 5.74) is 0.988. The van der Waals surface area contributed by atoms with E-state index < -0.39 is 43.3 Å². The van der Waals surface area contributed by atoms with Gasteiger partial charge in [0.05, 0.1) is 15.6 Å². The lowest BCUT2D eigenvalue weighted by atomic mass is 9.99. The molecule has 0 spiro atoms. The van der Waals surface area contributed by atoms with Gasteiger partial charge in [-0.05, 0) is 17.7 Å². The predicted octanol–water partition coefficient (Wildman–Crippen LogP) is 2.18. The molecule has 1 fully saturated rings. The molecule has 1 saturated heterocycles. The molecule has 3 rings (SSSR count). The molecular weight excluding hydrogens is 451 g/mol. The van der Waals surface area contributed by atoms with Gasteiger partial charge in [-0.25, -0.2) is 4.79 Å². The van der Waals surface area contributed by atoms with Crippen molar-refractivity contribution in [2.24, 2.45) is 0 Å². The maximum atomic E-state index is 12.4. The standard InChI is InChI=1S/C21H22Cl2O8/c1-28-21-18(26)17(25)16(24)15(31-21)10-30-20(27)12-7-13(22)19(14(23)8-12)29-9-11-5-3-2-4-6-11/h2-8,15-18,21,24-26H,9-10H2,1H3/t15-,16+,17+,18-,21-/m1/s1. The molecule has 1 heterocycles. The summed E-state index contributed by atoms with van der Waals surface area (Å²) in [6.45, 7) is -0.152. The number of ether oxygens (including phenoxy) is 4. The Balaban J connectivity index is 1.63. The SMILES string of the molecule is CO[C@@H]1O[C@H](COC(=O)c2cc(Cl)c(OCc3ccccc3)c(Cl)c2)[C@H](O)[C@H](O)[C@H]1O. The van der Waals surface area contributed by atoms with Crippen LogP contribution >= 0.6 is 23.2 Å². The molecule has 0 radical (unpaired) electrons. The average Bonchev–Trinajstić information content (AvgIpc) is 2.77. The van der Waals surface area contributed by atoms with Crippen LogP contribution in [0.15, 0.2) is 42.5 Å². The van der Waals surface area contributed by atoms with E-state index in [9.17, 15) is 20.1 Å². The number of rotatable bonds is 7. The average molecular weight is 473 g/mol. The van der Waals surface area contributed by atoms with E-state index in [2.05, 4.69) is 0 Å². The van der Waals surface area contributed by atoms with Crippen LogP contribution < -0.4 is 4.74 Å². The van der Waals surface area contributed by atoms with E-state index >= 15 is 0 Å². The number of aliphatic hydroxyl groups is 3. The van der Waals surface area contributed by atoms with E-state index in [0.717, 1.165) is 5.56 Å². The number of halogens is 2. The van der Waals surface area contributed by atoms with Crippen molar-refractivity contribution < 1.29 is 39.1 Å². The van der Waals surface area contributed by atoms with E-state index in [1.54, 1.807) is 0 Å². The van der Waals surface area contributed by atoms with Gasteiger partial charge in [-0.2, -0.15) is 0 Å². The molecule has 8 nitrogen and oxygen atoms in total. The summed E-state index contributed by atoms with van der Waals surface area (Å²) in [4.78, 5) is 12.4. The number of hydrogen-bond donors (Lipinski definition) is 3. The molecule has 10 heteroatoms. The second kappa shape index (κ2) is 10.6. The smallest absolute Gasteiger partial charge is 0.338 e. The minimum atomic E-state index is -1.52. The Kier molecular flexibility index (Phi) is 8.12. The van der Waals surface area contributed by atoms with E-state index in [0.29, 0.717) is 0 Å². The highest BCUT2D eigenvalue weighted by Gasteiger charge is 2.44. The van der Waals surface area contributed by atoms with Crippen molar-refractivity contribution in [1.29, 1.82) is 0 Å². The van der Waals surface area contributed by atoms with Crippen LogP contribution in [-0.2, 0) is 20.8 Å². The van der Waals surface area contributed by atoms with Gasteiger partial charge < -0.3 is 34.3 Å². The summed E-state index contributed by atoms with van der Waals surface area (Å²) >= 11 is 12.5. The highest BCUT2D eigenvalue weighted by molar-refractivity contribution is 6.37. The molecule has 168 valence electrons. The first-order valence-electron chi connectivity index (χ1n) is 9.37. The number of carbonyl (C=O) groups excluding carboxylic acids is 1. The van der Waals surface area contributed by atoms with Crippen LogP contribution in [0.4, 0.5) is 0 Å². The van der Waals surface area contributed by atoms with Crippen LogP contribution in [0.5, 0.6) is 5.75 Å². The van der Waals surface area contributed by atoms with Crippen LogP contribution in [0.25, 0.3) is 0 Å². The fourth-order valence-corrected chi connectivity index (χ4v) is 3.63. The minimum Gasteiger partial charge on any atom is -0.486 e. The van der Waals surface area contributed by atoms with Gasteiger partial charge >= 0.3 is 5.97 Å². The van der Waals surface area contributed by atoms with Crippen LogP contribution in [0, 0.1) is 0 Å². The minimum absolute atomic E-state index is 0.0660. The Morgan fingerprint density at radius 3 is 2.29 bits per heavy atom. The van der Waals surface area contributed by atoms with Crippen LogP contribution in [0.2, 0.25) is 10.0 Å². The summed E-state index contributed by atoms with van der Waals surface area (Å²) in [7, 11) is 1.27. The van der Waals surface area contributed by atoms with Crippen molar-refractivity contribution in [2.45, 2.75) is 37.3 Å². The Morgan fingerprint density at radius 2 is 1.68 bits per heavy atom. The quantitative estimate of drug-likeness (QED) is 0.525. The molecule has 0 aliphatic carbocycles. The first-order valence-corrected chi connectivity index (χ1v) is 10.1. The third kappa shape index (κ3) is 5.67. The van der Waals surface area contributed by atoms with Gasteiger partial charge in [0.2, 0.25) is 0 Å². The normalized spacial score (nSPS) is 25.8. The summed E-state index contributed by atoms with van der Waals surface area (Å²) in [6.07, 6.45) is -6.71. The molecule has 3 N–H and O–H groups in total. The van der Waals surface area contributed by atoms with E-state index in [-0.39, 0.29) is 28.0 Å². The van der Waals surface area contributed by atoms with Crippen LogP contribution in [-0.4, -0.2) is 65.7 Å². The van der Waals surface area contributed by atoms with Gasteiger partial charge in [0.25, 0.3) is 0 Å². The first-order chi connectivity index (χ1) is 14.8. The fourth-order valence-electron chi connectivity index (χ4n) is 3.04. The van der Waals surface area contributed by atoms with Crippen molar-refractivity contribution in [3.63, 3.8) is 0 Å². The predicted molar refractivity (Wildman–Crippen MR) is 111 cm³/mol. The van der Waals surface area contributed by atoms with Crippen molar-refractivity contribution in [3.8, 4) is 5.75 Å². The first kappa shape index (κ1) is 23.7. The monoisotopic (exact) mass is 472 g/mol. The van der Waals surface area contributed by atoms with Crippen molar-refractivity contribution in [1.82, 2.24) is 0 Å². The lowest BCUT2D eigenvalue weighted by Crippen LogP contribution is -2.59. The summed E-state index contributed by atoms with van der Waals surface area (Å²) in [5.74, 6) is -0.543. The third-order valence-corrected chi connectivity index (χ3v) is 5.30. The summed E-state index contributed by atoms with van der Waals surface area (Å²) in [6, 6.07) is 12.1. The third-order valence-electron chi connectivity index (χ3n) is 4.74. The molecule has 5 atom stereocenters. The zero-order chi connectivity index (χ0) is 22.5. The summed E-state index contributed by atoms with van der Waals surface area (Å²) in [5, 5.41) is 30.0. The zero-order valence-corrected chi connectivity index (χ0v) is 18.0. The molecule has 0 bridgehead atoms. The molecule has 0 unspecified atom stereocenters. The van der Waals surface area contributed by atoms with Gasteiger partial charge in [-0.1, -0.05) is 53.5 Å². The molecule has 0 saturated carbocycles. The molecule has 1 aliphatic heterocycles. The van der Waals surface area contributed by atoms with Gasteiger partial charge in [-0.3, -0.25) is 0 Å². The fraction of sp³-hybridized carbons (Fsp3) is 0.381. The van der Waals surface area contributed by atoms with Crippen molar-refractivity contribution >= 4 is 29.2 Å². The van der Waals surface area contributed by atoms with E-state index in [1.165, 1.54) is 19.2 Å². The maximum Gasteiger partial charge on any atom is 0.338 e. The van der Waals surface area contributed by atoms with Crippen LogP contribution in [0.3, 0.4) is 0 Å².